The number of hydrogen-bond donors (Lipinski definition) is 0. The highest BCUT2D eigenvalue weighted by atomic mass is 16.6. The van der Waals surface area contributed by atoms with Gasteiger partial charge in [0.2, 0.25) is 11.5 Å². The normalized spacial score (nSPS) is 24.4. The molecule has 2 aliphatic carbocycles. The van der Waals surface area contributed by atoms with E-state index >= 15 is 0 Å². The molecule has 38 heavy (non-hydrogen) atoms. The van der Waals surface area contributed by atoms with Crippen LogP contribution in [0, 0.1) is 5.92 Å². The van der Waals surface area contributed by atoms with Crippen LogP contribution in [0.2, 0.25) is 0 Å². The molecule has 1 spiro atoms. The fourth-order valence-corrected chi connectivity index (χ4v) is 6.59. The Kier molecular flexibility index (Phi) is 5.22. The minimum Gasteiger partial charge on any atom is -0.427 e. The van der Waals surface area contributed by atoms with Crippen molar-refractivity contribution in [1.29, 1.82) is 0 Å². The molecule has 0 N–H and O–H groups in total. The van der Waals surface area contributed by atoms with Crippen LogP contribution in [0.1, 0.15) is 47.9 Å². The molecule has 1 saturated carbocycles. The largest absolute Gasteiger partial charge is 0.427 e. The highest BCUT2D eigenvalue weighted by Crippen LogP contribution is 2.46. The molecule has 1 aromatic heterocycles. The van der Waals surface area contributed by atoms with E-state index in [0.717, 1.165) is 58.4 Å². The summed E-state index contributed by atoms with van der Waals surface area (Å²) >= 11 is 0. The van der Waals surface area contributed by atoms with Gasteiger partial charge in [0.15, 0.2) is 0 Å². The van der Waals surface area contributed by atoms with Crippen LogP contribution in [0.3, 0.4) is 0 Å². The van der Waals surface area contributed by atoms with E-state index in [2.05, 4.69) is 17.2 Å². The van der Waals surface area contributed by atoms with E-state index in [1.807, 2.05) is 48.5 Å². The summed E-state index contributed by atoms with van der Waals surface area (Å²) in [5.74, 6) is -0.121. The van der Waals surface area contributed by atoms with Gasteiger partial charge < -0.3 is 9.64 Å². The first-order valence-electron chi connectivity index (χ1n) is 13.5. The van der Waals surface area contributed by atoms with Crippen molar-refractivity contribution < 1.29 is 19.1 Å². The maximum Gasteiger partial charge on any atom is 0.418 e. The van der Waals surface area contributed by atoms with Gasteiger partial charge in [-0.25, -0.2) is 9.69 Å². The Morgan fingerprint density at radius 1 is 1.03 bits per heavy atom. The molecule has 2 unspecified atom stereocenters. The summed E-state index contributed by atoms with van der Waals surface area (Å²) in [7, 11) is 1.87. The average Bonchev–Trinajstić information content (AvgIpc) is 3.55. The van der Waals surface area contributed by atoms with E-state index in [4.69, 9.17) is 4.74 Å². The van der Waals surface area contributed by atoms with Gasteiger partial charge in [-0.15, -0.1) is 0 Å². The number of aromatic nitrogens is 2. The Labute approximate surface area is 221 Å². The van der Waals surface area contributed by atoms with Crippen LogP contribution in [0.5, 0.6) is 0 Å². The number of ether oxygens (including phenoxy) is 1. The highest BCUT2D eigenvalue weighted by molar-refractivity contribution is 6.06. The fraction of sp³-hybridized carbons (Fsp3) is 0.400. The van der Waals surface area contributed by atoms with Crippen molar-refractivity contribution in [2.24, 2.45) is 13.0 Å². The smallest absolute Gasteiger partial charge is 0.418 e. The first-order valence-corrected chi connectivity index (χ1v) is 13.5. The average molecular weight is 511 g/mol. The van der Waals surface area contributed by atoms with Crippen LogP contribution in [-0.2, 0) is 46.4 Å². The Morgan fingerprint density at radius 3 is 2.61 bits per heavy atom. The van der Waals surface area contributed by atoms with E-state index in [0.29, 0.717) is 25.3 Å². The number of hydrogen-bond acceptors (Lipinski definition) is 5. The molecule has 3 heterocycles. The molecule has 2 atom stereocenters. The molecule has 3 amide bonds. The molecule has 3 aromatic rings. The predicted octanol–water partition coefficient (Wildman–Crippen LogP) is 3.96. The van der Waals surface area contributed by atoms with E-state index in [1.54, 1.807) is 10.9 Å². The SMILES string of the molecule is Cn1cc(-c2ccc3c(c2)CCC32OC(=O)N(CC(=O)N3Cc4ccccc4CCC3C3CC3)C2=O)cn1. The minimum atomic E-state index is -1.35. The van der Waals surface area contributed by atoms with Gasteiger partial charge in [-0.2, -0.15) is 5.10 Å². The lowest BCUT2D eigenvalue weighted by Gasteiger charge is -2.31. The Bertz CT molecular complexity index is 1470. The molecule has 194 valence electrons. The first kappa shape index (κ1) is 23.2. The highest BCUT2D eigenvalue weighted by Gasteiger charge is 2.58. The number of carbonyl (C=O) groups is 3. The van der Waals surface area contributed by atoms with Gasteiger partial charge in [-0.3, -0.25) is 14.3 Å². The van der Waals surface area contributed by atoms with Gasteiger partial charge in [-0.1, -0.05) is 42.5 Å². The second-order valence-corrected chi connectivity index (χ2v) is 11.1. The molecule has 8 nitrogen and oxygen atoms in total. The summed E-state index contributed by atoms with van der Waals surface area (Å²) in [4.78, 5) is 43.5. The number of carbonyl (C=O) groups excluding carboxylic acids is 3. The maximum atomic E-state index is 13.8. The van der Waals surface area contributed by atoms with Crippen LogP contribution >= 0.6 is 0 Å². The zero-order valence-corrected chi connectivity index (χ0v) is 21.4. The molecule has 1 saturated heterocycles. The molecular formula is C30H30N4O4. The monoisotopic (exact) mass is 510 g/mol. The molecule has 2 fully saturated rings. The zero-order valence-electron chi connectivity index (χ0n) is 21.4. The van der Waals surface area contributed by atoms with Gasteiger partial charge in [-0.05, 0) is 60.3 Å². The van der Waals surface area contributed by atoms with Crippen molar-refractivity contribution in [3.05, 3.63) is 77.1 Å². The lowest BCUT2D eigenvalue weighted by atomic mass is 9.93. The second kappa shape index (κ2) is 8.55. The third kappa shape index (κ3) is 3.65. The molecular weight excluding hydrogens is 480 g/mol. The quantitative estimate of drug-likeness (QED) is 0.531. The number of benzene rings is 2. The Hall–Kier alpha value is -3.94. The van der Waals surface area contributed by atoms with E-state index < -0.39 is 17.6 Å². The van der Waals surface area contributed by atoms with Crippen molar-refractivity contribution in [3.63, 3.8) is 0 Å². The second-order valence-electron chi connectivity index (χ2n) is 11.1. The van der Waals surface area contributed by atoms with Gasteiger partial charge in [0.05, 0.1) is 6.20 Å². The molecule has 0 bridgehead atoms. The summed E-state index contributed by atoms with van der Waals surface area (Å²) in [6.07, 6.45) is 8.10. The molecule has 7 rings (SSSR count). The maximum absolute atomic E-state index is 13.8. The number of aryl methyl sites for hydroxylation is 3. The van der Waals surface area contributed by atoms with Crippen molar-refractivity contribution in [3.8, 4) is 11.1 Å². The van der Waals surface area contributed by atoms with E-state index in [1.165, 1.54) is 5.56 Å². The fourth-order valence-electron chi connectivity index (χ4n) is 6.59. The van der Waals surface area contributed by atoms with Crippen molar-refractivity contribution >= 4 is 17.9 Å². The standard InChI is InChI=1S/C30H30N4O4/c1-32-16-24(15-31-32)21-8-10-25-22(14-21)12-13-30(25)28(36)34(29(37)38-30)18-27(35)33-17-23-5-3-2-4-19(23)9-11-26(33)20-6-7-20/h2-5,8,10,14-16,20,26H,6-7,9,11-13,17-18H2,1H3. The Balaban J connectivity index is 1.14. The number of amides is 3. The van der Waals surface area contributed by atoms with Crippen molar-refractivity contribution in [2.45, 2.75) is 56.7 Å². The number of rotatable bonds is 4. The molecule has 4 aliphatic rings. The van der Waals surface area contributed by atoms with Crippen molar-refractivity contribution in [2.75, 3.05) is 6.54 Å². The third-order valence-electron chi connectivity index (χ3n) is 8.75. The molecule has 2 aliphatic heterocycles. The van der Waals surface area contributed by atoms with Crippen LogP contribution < -0.4 is 0 Å². The molecule has 0 radical (unpaired) electrons. The van der Waals surface area contributed by atoms with Crippen LogP contribution in [0.25, 0.3) is 11.1 Å². The zero-order chi connectivity index (χ0) is 26.0. The molecule has 8 heteroatoms. The lowest BCUT2D eigenvalue weighted by molar-refractivity contribution is -0.143. The lowest BCUT2D eigenvalue weighted by Crippen LogP contribution is -2.48. The number of fused-ring (bicyclic) bond motifs is 3. The van der Waals surface area contributed by atoms with Gasteiger partial charge >= 0.3 is 6.09 Å². The summed E-state index contributed by atoms with van der Waals surface area (Å²) in [6, 6.07) is 14.3. The van der Waals surface area contributed by atoms with Gasteiger partial charge in [0, 0.05) is 43.4 Å². The summed E-state index contributed by atoms with van der Waals surface area (Å²) in [6.45, 7) is 0.228. The topological polar surface area (TPSA) is 84.7 Å². The third-order valence-corrected chi connectivity index (χ3v) is 8.75. The van der Waals surface area contributed by atoms with E-state index in [-0.39, 0.29) is 18.5 Å². The Morgan fingerprint density at radius 2 is 1.84 bits per heavy atom. The number of imide groups is 1. The van der Waals surface area contributed by atoms with Gasteiger partial charge in [0.25, 0.3) is 5.91 Å². The van der Waals surface area contributed by atoms with Gasteiger partial charge in [0.1, 0.15) is 6.54 Å². The first-order chi connectivity index (χ1) is 18.4. The van der Waals surface area contributed by atoms with E-state index in [9.17, 15) is 14.4 Å². The minimum absolute atomic E-state index is 0.135. The van der Waals surface area contributed by atoms with Crippen LogP contribution in [0.15, 0.2) is 54.9 Å². The number of nitrogens with zero attached hydrogens (tertiary/aromatic N) is 4. The molecule has 2 aromatic carbocycles. The van der Waals surface area contributed by atoms with Crippen LogP contribution in [-0.4, -0.2) is 50.1 Å². The summed E-state index contributed by atoms with van der Waals surface area (Å²) in [5, 5.41) is 4.24. The predicted molar refractivity (Wildman–Crippen MR) is 139 cm³/mol. The summed E-state index contributed by atoms with van der Waals surface area (Å²) < 4.78 is 7.56. The van der Waals surface area contributed by atoms with Crippen LogP contribution in [0.4, 0.5) is 4.79 Å². The van der Waals surface area contributed by atoms with Crippen molar-refractivity contribution in [1.82, 2.24) is 19.6 Å². The summed E-state index contributed by atoms with van der Waals surface area (Å²) in [5.41, 5.74) is 4.77.